The van der Waals surface area contributed by atoms with Crippen molar-refractivity contribution in [2.24, 2.45) is 0 Å². The zero-order valence-electron chi connectivity index (χ0n) is 30.2. The molecule has 3 aliphatic carbocycles. The number of nitrogens with zero attached hydrogens (tertiary/aromatic N) is 1. The van der Waals surface area contributed by atoms with E-state index in [1.807, 2.05) is 12.2 Å². The summed E-state index contributed by atoms with van der Waals surface area (Å²) < 4.78 is 0. The maximum Gasteiger partial charge on any atom is 0.0725 e. The highest BCUT2D eigenvalue weighted by molar-refractivity contribution is 5.96. The van der Waals surface area contributed by atoms with Gasteiger partial charge in [-0.3, -0.25) is 0 Å². The molecule has 0 heterocycles. The van der Waals surface area contributed by atoms with Crippen LogP contribution in [0.4, 0.5) is 17.1 Å². The van der Waals surface area contributed by atoms with Crippen LogP contribution in [0, 0.1) is 0 Å². The first kappa shape index (κ1) is 31.4. The number of benzene rings is 8. The lowest BCUT2D eigenvalue weighted by Crippen LogP contribution is -2.25. The predicted molar refractivity (Wildman–Crippen MR) is 229 cm³/mol. The summed E-state index contributed by atoms with van der Waals surface area (Å²) in [6.07, 6.45) is 6.12. The van der Waals surface area contributed by atoms with E-state index in [0.717, 1.165) is 17.1 Å². The molecule has 0 saturated heterocycles. The van der Waals surface area contributed by atoms with Gasteiger partial charge in [0.05, 0.1) is 5.41 Å². The second kappa shape index (κ2) is 12.5. The minimum absolute atomic E-state index is 0.357. The summed E-state index contributed by atoms with van der Waals surface area (Å²) in [4.78, 5) is 2.35. The van der Waals surface area contributed by atoms with Crippen LogP contribution in [0.15, 0.2) is 218 Å². The smallest absolute Gasteiger partial charge is 0.0725 e. The lowest BCUT2D eigenvalue weighted by Gasteiger charge is -2.30. The van der Waals surface area contributed by atoms with Gasteiger partial charge in [-0.15, -0.1) is 5.73 Å². The van der Waals surface area contributed by atoms with Gasteiger partial charge in [0.1, 0.15) is 0 Å². The molecule has 55 heavy (non-hydrogen) atoms. The standard InChI is InChI=1S/C54H35N/c1-2-12-37(13-3-1)39-22-29-43(30-23-39)55(44-31-24-40(25-32-44)38-14-4-5-15-38)45-33-26-41(27-34-45)42-28-35-49-48-18-8-11-21-52(48)54(53(49)36-42)50-19-9-6-16-46(50)47-17-7-10-20-51(47)54/h1-4,6-36H. The van der Waals surface area contributed by atoms with Crippen LogP contribution < -0.4 is 4.90 Å². The van der Waals surface area contributed by atoms with E-state index in [4.69, 9.17) is 0 Å². The van der Waals surface area contributed by atoms with Crippen molar-refractivity contribution in [1.82, 2.24) is 0 Å². The summed E-state index contributed by atoms with van der Waals surface area (Å²) in [5, 5.41) is 0. The van der Waals surface area contributed by atoms with Crippen LogP contribution in [-0.2, 0) is 5.41 Å². The molecule has 0 aliphatic heterocycles. The van der Waals surface area contributed by atoms with Crippen molar-refractivity contribution in [3.8, 4) is 44.5 Å². The molecule has 0 unspecified atom stereocenters. The Kier molecular flexibility index (Phi) is 7.10. The van der Waals surface area contributed by atoms with Crippen molar-refractivity contribution < 1.29 is 0 Å². The molecular formula is C54H35N. The monoisotopic (exact) mass is 697 g/mol. The molecule has 3 aliphatic rings. The summed E-state index contributed by atoms with van der Waals surface area (Å²) in [7, 11) is 0. The second-order valence-corrected chi connectivity index (χ2v) is 14.6. The lowest BCUT2D eigenvalue weighted by molar-refractivity contribution is 0.794. The van der Waals surface area contributed by atoms with Crippen LogP contribution >= 0.6 is 0 Å². The third-order valence-electron chi connectivity index (χ3n) is 11.7. The Morgan fingerprint density at radius 1 is 0.345 bits per heavy atom. The average Bonchev–Trinajstić information content (AvgIpc) is 3.98. The minimum atomic E-state index is -0.357. The highest BCUT2D eigenvalue weighted by Gasteiger charge is 2.51. The number of allylic oxidation sites excluding steroid dienone is 3. The molecule has 0 N–H and O–H groups in total. The Hall–Kier alpha value is -7.18. The normalized spacial score (nSPS) is 13.6. The van der Waals surface area contributed by atoms with E-state index in [1.165, 1.54) is 77.9 Å². The zero-order chi connectivity index (χ0) is 36.3. The third kappa shape index (κ3) is 4.81. The summed E-state index contributed by atoms with van der Waals surface area (Å²) in [5.74, 6) is 0. The molecule has 256 valence electrons. The summed E-state index contributed by atoms with van der Waals surface area (Å²) in [5.41, 5.74) is 24.1. The van der Waals surface area contributed by atoms with E-state index in [2.05, 4.69) is 211 Å². The topological polar surface area (TPSA) is 3.24 Å². The largest absolute Gasteiger partial charge is 0.311 e. The highest BCUT2D eigenvalue weighted by atomic mass is 15.1. The zero-order valence-corrected chi connectivity index (χ0v) is 30.2. The van der Waals surface area contributed by atoms with E-state index in [0.29, 0.717) is 0 Å². The fraction of sp³-hybridized carbons (Fsp3) is 0.0185. The number of hydrogen-bond acceptors (Lipinski definition) is 1. The maximum absolute atomic E-state index is 3.19. The molecule has 0 radical (unpaired) electrons. The van der Waals surface area contributed by atoms with Crippen molar-refractivity contribution in [3.05, 3.63) is 246 Å². The van der Waals surface area contributed by atoms with Crippen molar-refractivity contribution >= 4 is 22.6 Å². The number of rotatable bonds is 6. The molecule has 0 aromatic heterocycles. The molecule has 11 rings (SSSR count). The molecule has 1 spiro atoms. The quantitative estimate of drug-likeness (QED) is 0.156. The second-order valence-electron chi connectivity index (χ2n) is 14.6. The van der Waals surface area contributed by atoms with Crippen LogP contribution in [0.2, 0.25) is 0 Å². The molecule has 0 saturated carbocycles. The fourth-order valence-corrected chi connectivity index (χ4v) is 9.26. The summed E-state index contributed by atoms with van der Waals surface area (Å²) in [6, 6.07) is 71.5. The van der Waals surface area contributed by atoms with E-state index < -0.39 is 0 Å². The lowest BCUT2D eigenvalue weighted by atomic mass is 9.70. The van der Waals surface area contributed by atoms with E-state index in [1.54, 1.807) is 0 Å². The average molecular weight is 698 g/mol. The van der Waals surface area contributed by atoms with Gasteiger partial charge in [-0.1, -0.05) is 152 Å². The van der Waals surface area contributed by atoms with Gasteiger partial charge in [-0.25, -0.2) is 0 Å². The first-order valence-electron chi connectivity index (χ1n) is 19.0. The van der Waals surface area contributed by atoms with Crippen LogP contribution in [0.5, 0.6) is 0 Å². The van der Waals surface area contributed by atoms with Gasteiger partial charge in [0.2, 0.25) is 0 Å². The van der Waals surface area contributed by atoms with Crippen molar-refractivity contribution in [2.45, 2.75) is 5.41 Å². The van der Waals surface area contributed by atoms with Gasteiger partial charge in [0, 0.05) is 17.1 Å². The Balaban J connectivity index is 1.01. The molecule has 8 aromatic rings. The molecule has 0 atom stereocenters. The maximum atomic E-state index is 3.19. The van der Waals surface area contributed by atoms with Crippen molar-refractivity contribution in [2.75, 3.05) is 4.90 Å². The van der Waals surface area contributed by atoms with Gasteiger partial charge >= 0.3 is 0 Å². The number of anilines is 3. The first-order chi connectivity index (χ1) is 27.3. The summed E-state index contributed by atoms with van der Waals surface area (Å²) >= 11 is 0. The first-order valence-corrected chi connectivity index (χ1v) is 19.0. The number of hydrogen-bond donors (Lipinski definition) is 0. The van der Waals surface area contributed by atoms with E-state index >= 15 is 0 Å². The Morgan fingerprint density at radius 2 is 0.764 bits per heavy atom. The third-order valence-corrected chi connectivity index (χ3v) is 11.7. The van der Waals surface area contributed by atoms with Crippen molar-refractivity contribution in [1.29, 1.82) is 0 Å². The molecule has 0 bridgehead atoms. The van der Waals surface area contributed by atoms with Gasteiger partial charge in [0.25, 0.3) is 0 Å². The fourth-order valence-electron chi connectivity index (χ4n) is 9.26. The predicted octanol–water partition coefficient (Wildman–Crippen LogP) is 13.9. The van der Waals surface area contributed by atoms with E-state index in [-0.39, 0.29) is 5.41 Å². The Labute approximate surface area is 322 Å². The summed E-state index contributed by atoms with van der Waals surface area (Å²) in [6.45, 7) is 0. The van der Waals surface area contributed by atoms with Gasteiger partial charge in [0.15, 0.2) is 0 Å². The highest BCUT2D eigenvalue weighted by Crippen LogP contribution is 2.63. The SMILES string of the molecule is C1=CC=C(c2ccc(N(c3ccc(-c4ccccc4)cc3)c3ccc(-c4ccc5c(c4)C4(c6ccccc6-c6ccccc64)c4ccccc4-5)cc3)cc2)C=1. The van der Waals surface area contributed by atoms with E-state index in [9.17, 15) is 0 Å². The van der Waals surface area contributed by atoms with Gasteiger partial charge in [-0.05, 0) is 139 Å². The molecule has 0 fully saturated rings. The van der Waals surface area contributed by atoms with Crippen LogP contribution in [0.1, 0.15) is 27.8 Å². The van der Waals surface area contributed by atoms with Crippen molar-refractivity contribution in [3.63, 3.8) is 0 Å². The van der Waals surface area contributed by atoms with Gasteiger partial charge in [-0.2, -0.15) is 0 Å². The Morgan fingerprint density at radius 3 is 1.27 bits per heavy atom. The van der Waals surface area contributed by atoms with Crippen LogP contribution in [-0.4, -0.2) is 0 Å². The Bertz CT molecular complexity index is 2800. The molecular weight excluding hydrogens is 663 g/mol. The molecule has 1 nitrogen and oxygen atoms in total. The number of fused-ring (bicyclic) bond motifs is 10. The van der Waals surface area contributed by atoms with Crippen LogP contribution in [0.25, 0.3) is 50.1 Å². The van der Waals surface area contributed by atoms with Crippen LogP contribution in [0.3, 0.4) is 0 Å². The van der Waals surface area contributed by atoms with Gasteiger partial charge < -0.3 is 4.90 Å². The minimum Gasteiger partial charge on any atom is -0.311 e. The molecule has 0 amide bonds. The molecule has 8 aromatic carbocycles. The molecule has 1 heteroatoms.